The van der Waals surface area contributed by atoms with Gasteiger partial charge in [-0.3, -0.25) is 4.55 Å². The summed E-state index contributed by atoms with van der Waals surface area (Å²) in [7, 11) is -4.51. The molecule has 0 rings (SSSR count). The average molecular weight is 210 g/mol. The molecule has 0 bridgehead atoms. The SMILES string of the molecule is C=C(C(=O)O)C(CCO)S(=O)(=O)O. The molecule has 0 spiro atoms. The molecule has 76 valence electrons. The number of hydrogen-bond acceptors (Lipinski definition) is 4. The molecule has 1 unspecified atom stereocenters. The van der Waals surface area contributed by atoms with E-state index in [0.29, 0.717) is 0 Å². The van der Waals surface area contributed by atoms with Crippen LogP contribution in [0.5, 0.6) is 0 Å². The Morgan fingerprint density at radius 3 is 2.15 bits per heavy atom. The highest BCUT2D eigenvalue weighted by molar-refractivity contribution is 7.86. The molecule has 7 heteroatoms. The maximum Gasteiger partial charge on any atom is 0.332 e. The third-order valence-corrected chi connectivity index (χ3v) is 2.65. The zero-order valence-electron chi connectivity index (χ0n) is 6.67. The molecule has 13 heavy (non-hydrogen) atoms. The van der Waals surface area contributed by atoms with E-state index in [4.69, 9.17) is 14.8 Å². The second-order valence-electron chi connectivity index (χ2n) is 2.35. The summed E-state index contributed by atoms with van der Waals surface area (Å²) in [5.41, 5.74) is -0.656. The van der Waals surface area contributed by atoms with Crippen molar-refractivity contribution in [2.45, 2.75) is 11.7 Å². The van der Waals surface area contributed by atoms with E-state index in [1.54, 1.807) is 0 Å². The van der Waals surface area contributed by atoms with Crippen LogP contribution in [0, 0.1) is 0 Å². The highest BCUT2D eigenvalue weighted by Gasteiger charge is 2.29. The van der Waals surface area contributed by atoms with Crippen LogP contribution in [0.15, 0.2) is 12.2 Å². The summed E-state index contributed by atoms with van der Waals surface area (Å²) in [6.45, 7) is 2.44. The van der Waals surface area contributed by atoms with E-state index in [1.165, 1.54) is 0 Å². The lowest BCUT2D eigenvalue weighted by atomic mass is 10.1. The fourth-order valence-corrected chi connectivity index (χ4v) is 1.62. The average Bonchev–Trinajstić information content (AvgIpc) is 1.96. The summed E-state index contributed by atoms with van der Waals surface area (Å²) in [5, 5.41) is 15.2. The van der Waals surface area contributed by atoms with Crippen LogP contribution < -0.4 is 0 Å². The summed E-state index contributed by atoms with van der Waals surface area (Å²) in [6.07, 6.45) is -0.385. The van der Waals surface area contributed by atoms with Crippen molar-refractivity contribution in [1.82, 2.24) is 0 Å². The lowest BCUT2D eigenvalue weighted by Crippen LogP contribution is -2.27. The van der Waals surface area contributed by atoms with Crippen LogP contribution in [0.1, 0.15) is 6.42 Å². The van der Waals surface area contributed by atoms with E-state index < -0.39 is 33.5 Å². The minimum atomic E-state index is -4.51. The maximum absolute atomic E-state index is 10.6. The van der Waals surface area contributed by atoms with E-state index in [2.05, 4.69) is 6.58 Å². The van der Waals surface area contributed by atoms with Crippen molar-refractivity contribution in [1.29, 1.82) is 0 Å². The highest BCUT2D eigenvalue weighted by Crippen LogP contribution is 2.13. The van der Waals surface area contributed by atoms with E-state index in [-0.39, 0.29) is 6.42 Å². The Hall–Kier alpha value is -0.920. The van der Waals surface area contributed by atoms with Crippen LogP contribution in [0.3, 0.4) is 0 Å². The molecule has 3 N–H and O–H groups in total. The summed E-state index contributed by atoms with van der Waals surface area (Å²) >= 11 is 0. The van der Waals surface area contributed by atoms with Gasteiger partial charge in [-0.25, -0.2) is 4.79 Å². The van der Waals surface area contributed by atoms with E-state index in [9.17, 15) is 13.2 Å². The molecule has 0 aromatic rings. The highest BCUT2D eigenvalue weighted by atomic mass is 32.2. The largest absolute Gasteiger partial charge is 0.478 e. The van der Waals surface area contributed by atoms with Crippen molar-refractivity contribution < 1.29 is 28.0 Å². The number of carboxylic acid groups (broad SMARTS) is 1. The number of aliphatic hydroxyl groups excluding tert-OH is 1. The van der Waals surface area contributed by atoms with Gasteiger partial charge < -0.3 is 10.2 Å². The first kappa shape index (κ1) is 12.1. The molecule has 1 atom stereocenters. The Kier molecular flexibility index (Phi) is 4.05. The Morgan fingerprint density at radius 2 is 1.92 bits per heavy atom. The molecule has 0 saturated heterocycles. The summed E-state index contributed by atoms with van der Waals surface area (Å²) in [4.78, 5) is 10.3. The first-order valence-corrected chi connectivity index (χ1v) is 4.80. The maximum atomic E-state index is 10.6. The Labute approximate surface area is 75.3 Å². The third kappa shape index (κ3) is 3.53. The monoisotopic (exact) mass is 210 g/mol. The van der Waals surface area contributed by atoms with Gasteiger partial charge in [0.15, 0.2) is 0 Å². The van der Waals surface area contributed by atoms with Crippen LogP contribution >= 0.6 is 0 Å². The minimum Gasteiger partial charge on any atom is -0.478 e. The predicted molar refractivity (Wildman–Crippen MR) is 43.8 cm³/mol. The van der Waals surface area contributed by atoms with E-state index >= 15 is 0 Å². The topological polar surface area (TPSA) is 112 Å². The number of carboxylic acids is 1. The molecular weight excluding hydrogens is 200 g/mol. The van der Waals surface area contributed by atoms with Gasteiger partial charge in [0.2, 0.25) is 0 Å². The molecule has 0 aliphatic rings. The van der Waals surface area contributed by atoms with Crippen LogP contribution in [0.25, 0.3) is 0 Å². The Balaban J connectivity index is 4.83. The van der Waals surface area contributed by atoms with Gasteiger partial charge in [0.25, 0.3) is 10.1 Å². The second kappa shape index (κ2) is 4.35. The fraction of sp³-hybridized carbons (Fsp3) is 0.500. The van der Waals surface area contributed by atoms with Crippen LogP contribution in [0.2, 0.25) is 0 Å². The van der Waals surface area contributed by atoms with Crippen molar-refractivity contribution in [3.05, 3.63) is 12.2 Å². The van der Waals surface area contributed by atoms with Crippen molar-refractivity contribution in [3.63, 3.8) is 0 Å². The van der Waals surface area contributed by atoms with Crippen LogP contribution in [-0.2, 0) is 14.9 Å². The smallest absolute Gasteiger partial charge is 0.332 e. The summed E-state index contributed by atoms with van der Waals surface area (Å²) < 4.78 is 29.7. The minimum absolute atomic E-state index is 0.385. The molecule has 6 nitrogen and oxygen atoms in total. The Morgan fingerprint density at radius 1 is 1.46 bits per heavy atom. The third-order valence-electron chi connectivity index (χ3n) is 1.41. The van der Waals surface area contributed by atoms with Crippen molar-refractivity contribution in [2.24, 2.45) is 0 Å². The molecule has 0 aliphatic carbocycles. The first-order valence-electron chi connectivity index (χ1n) is 3.30. The molecule has 0 amide bonds. The lowest BCUT2D eigenvalue weighted by molar-refractivity contribution is -0.132. The number of aliphatic hydroxyl groups is 1. The van der Waals surface area contributed by atoms with Gasteiger partial charge in [0, 0.05) is 6.61 Å². The number of rotatable bonds is 5. The Bertz CT molecular complexity index is 303. The molecule has 0 aromatic heterocycles. The number of aliphatic carboxylic acids is 1. The quantitative estimate of drug-likeness (QED) is 0.407. The van der Waals surface area contributed by atoms with Gasteiger partial charge in [-0.15, -0.1) is 0 Å². The van der Waals surface area contributed by atoms with Crippen molar-refractivity contribution in [2.75, 3.05) is 6.61 Å². The summed E-state index contributed by atoms with van der Waals surface area (Å²) in [5.74, 6) is -1.52. The molecule has 0 aromatic carbocycles. The van der Waals surface area contributed by atoms with Crippen molar-refractivity contribution >= 4 is 16.1 Å². The van der Waals surface area contributed by atoms with Gasteiger partial charge >= 0.3 is 5.97 Å². The molecule has 0 saturated carbocycles. The standard InChI is InChI=1S/C6H10O6S/c1-4(6(8)9)5(2-3-7)13(10,11)12/h5,7H,1-3H2,(H,8,9)(H,10,11,12). The fourth-order valence-electron chi connectivity index (χ4n) is 0.758. The second-order valence-corrected chi connectivity index (χ2v) is 3.95. The predicted octanol–water partition coefficient (Wildman–Crippen LogP) is -0.734. The van der Waals surface area contributed by atoms with Gasteiger partial charge in [0.05, 0.1) is 5.57 Å². The van der Waals surface area contributed by atoms with Gasteiger partial charge in [-0.1, -0.05) is 6.58 Å². The summed E-state index contributed by atoms with van der Waals surface area (Å²) in [6, 6.07) is 0. The van der Waals surface area contributed by atoms with E-state index in [1.807, 2.05) is 0 Å². The molecular formula is C6H10O6S. The zero-order chi connectivity index (χ0) is 10.6. The zero-order valence-corrected chi connectivity index (χ0v) is 7.49. The van der Waals surface area contributed by atoms with Gasteiger partial charge in [-0.2, -0.15) is 8.42 Å². The first-order chi connectivity index (χ1) is 5.80. The normalized spacial score (nSPS) is 13.7. The van der Waals surface area contributed by atoms with Crippen molar-refractivity contribution in [3.8, 4) is 0 Å². The number of carbonyl (C=O) groups is 1. The van der Waals surface area contributed by atoms with E-state index in [0.717, 1.165) is 0 Å². The van der Waals surface area contributed by atoms with Gasteiger partial charge in [0.1, 0.15) is 5.25 Å². The lowest BCUT2D eigenvalue weighted by Gasteiger charge is -2.11. The molecule has 0 heterocycles. The molecule has 0 fully saturated rings. The van der Waals surface area contributed by atoms with Crippen LogP contribution in [0.4, 0.5) is 0 Å². The number of hydrogen-bond donors (Lipinski definition) is 3. The van der Waals surface area contributed by atoms with Gasteiger partial charge in [-0.05, 0) is 6.42 Å². The van der Waals surface area contributed by atoms with Crippen LogP contribution in [-0.4, -0.2) is 41.0 Å². The molecule has 0 radical (unpaired) electrons. The molecule has 0 aliphatic heterocycles.